The summed E-state index contributed by atoms with van der Waals surface area (Å²) >= 11 is 0.965. The lowest BCUT2D eigenvalue weighted by atomic mass is 9.75. The first kappa shape index (κ1) is 35.9. The van der Waals surface area contributed by atoms with E-state index in [4.69, 9.17) is 36.3 Å². The molecule has 2 amide bonds. The first-order valence-corrected chi connectivity index (χ1v) is 17.5. The SMILES string of the molecule is CC(ON=C(C(=O)NC1C(=O)N(OS(=O)(=O)O)C1(C)C)c1csc(N)n1)(C(=O)O)C1CCc2cc(C(N)=NC3(CCN)CCC3)ccc2O1. The van der Waals surface area contributed by atoms with Crippen molar-refractivity contribution in [1.29, 1.82) is 0 Å². The summed E-state index contributed by atoms with van der Waals surface area (Å²) in [7, 11) is -5.03. The molecule has 1 aromatic carbocycles. The Labute approximate surface area is 285 Å². The standard InChI is InChI=1S/C29H38N8O10S2/c1-27(2)21(24(39)37(27)47-49(42,43)44)34-23(38)20(17-14-48-26(32)33-17)36-46-28(3,25(40)41)19-8-6-15-13-16(5-7-18(15)45-19)22(31)35-29(11-12-30)9-4-10-29/h5,7,13-14,19,21H,4,6,8-12,30H2,1-3H3,(H2,31,35)(H2,32,33)(H,34,38)(H,40,41)(H,42,43,44). The normalized spacial score (nSPS) is 22.9. The quantitative estimate of drug-likeness (QED) is 0.0540. The number of fused-ring (bicyclic) bond motifs is 1. The Hall–Kier alpha value is -4.37. The van der Waals surface area contributed by atoms with Crippen molar-refractivity contribution < 1.29 is 46.3 Å². The number of hydrogen-bond donors (Lipinski definition) is 6. The Morgan fingerprint density at radius 2 is 2.02 bits per heavy atom. The Morgan fingerprint density at radius 3 is 2.57 bits per heavy atom. The summed E-state index contributed by atoms with van der Waals surface area (Å²) in [5, 5.41) is 18.4. The number of amidine groups is 1. The van der Waals surface area contributed by atoms with Gasteiger partial charge in [-0.3, -0.25) is 19.1 Å². The molecule has 3 heterocycles. The van der Waals surface area contributed by atoms with E-state index < -0.39 is 57.2 Å². The number of nitrogen functional groups attached to an aromatic ring is 1. The number of aryl methyl sites for hydroxylation is 1. The summed E-state index contributed by atoms with van der Waals surface area (Å²) in [5.74, 6) is -2.64. The Kier molecular flexibility index (Phi) is 9.65. The van der Waals surface area contributed by atoms with Crippen LogP contribution in [0, 0.1) is 0 Å². The van der Waals surface area contributed by atoms with E-state index in [1.54, 1.807) is 12.1 Å². The van der Waals surface area contributed by atoms with Gasteiger partial charge in [-0.1, -0.05) is 5.16 Å². The number of ether oxygens (including phenoxy) is 1. The lowest BCUT2D eigenvalue weighted by Gasteiger charge is -2.50. The molecule has 1 saturated heterocycles. The number of β-lactam (4-membered cyclic amide) rings is 1. The second-order valence-electron chi connectivity index (χ2n) is 12.8. The zero-order chi connectivity index (χ0) is 35.9. The number of benzene rings is 1. The molecule has 3 unspecified atom stereocenters. The van der Waals surface area contributed by atoms with Gasteiger partial charge < -0.3 is 37.2 Å². The van der Waals surface area contributed by atoms with Crippen molar-refractivity contribution in [3.8, 4) is 5.75 Å². The molecule has 0 bridgehead atoms. The number of hydrogen-bond acceptors (Lipinski definition) is 14. The van der Waals surface area contributed by atoms with E-state index >= 15 is 0 Å². The summed E-state index contributed by atoms with van der Waals surface area (Å²) in [5.41, 5.74) is 15.0. The largest absolute Gasteiger partial charge is 0.485 e. The van der Waals surface area contributed by atoms with Crippen LogP contribution in [0.4, 0.5) is 5.13 Å². The van der Waals surface area contributed by atoms with Gasteiger partial charge in [-0.05, 0) is 89.6 Å². The zero-order valence-electron chi connectivity index (χ0n) is 26.9. The van der Waals surface area contributed by atoms with E-state index in [0.29, 0.717) is 35.2 Å². The third-order valence-corrected chi connectivity index (χ3v) is 10.0. The molecule has 0 spiro atoms. The van der Waals surface area contributed by atoms with Crippen LogP contribution < -0.4 is 27.3 Å². The second kappa shape index (κ2) is 13.2. The Balaban J connectivity index is 1.35. The minimum Gasteiger partial charge on any atom is -0.485 e. The van der Waals surface area contributed by atoms with Crippen molar-refractivity contribution in [2.45, 2.75) is 88.1 Å². The third kappa shape index (κ3) is 7.18. The number of carboxylic acid groups (broad SMARTS) is 1. The number of carbonyl (C=O) groups excluding carboxylic acids is 2. The molecule has 18 nitrogen and oxygen atoms in total. The van der Waals surface area contributed by atoms with Crippen LogP contribution in [-0.4, -0.2) is 92.8 Å². The highest BCUT2D eigenvalue weighted by Gasteiger charge is 2.58. The number of hydroxylamine groups is 2. The number of carboxylic acids is 1. The zero-order valence-corrected chi connectivity index (χ0v) is 28.5. The maximum absolute atomic E-state index is 13.5. The van der Waals surface area contributed by atoms with Crippen molar-refractivity contribution in [2.24, 2.45) is 21.6 Å². The van der Waals surface area contributed by atoms with Gasteiger partial charge >= 0.3 is 16.4 Å². The summed E-state index contributed by atoms with van der Waals surface area (Å²) in [6.07, 6.45) is 3.21. The topological polar surface area (TPSA) is 284 Å². The van der Waals surface area contributed by atoms with Crippen LogP contribution in [0.25, 0.3) is 0 Å². The molecule has 20 heteroatoms. The van der Waals surface area contributed by atoms with Gasteiger partial charge in [0.2, 0.25) is 0 Å². The number of nitrogens with one attached hydrogen (secondary N) is 1. The van der Waals surface area contributed by atoms with E-state index in [0.717, 1.165) is 42.6 Å². The summed E-state index contributed by atoms with van der Waals surface area (Å²) < 4.78 is 41.8. The third-order valence-electron chi connectivity index (χ3n) is 9.02. The molecule has 3 aliphatic rings. The molecule has 5 rings (SSSR count). The fourth-order valence-corrected chi connectivity index (χ4v) is 6.93. The molecule has 49 heavy (non-hydrogen) atoms. The van der Waals surface area contributed by atoms with Gasteiger partial charge in [0.05, 0.1) is 11.1 Å². The number of nitrogens with zero attached hydrogens (tertiary/aromatic N) is 4. The smallest absolute Gasteiger partial charge is 0.418 e. The number of thiazole rings is 1. The number of amides is 2. The average molecular weight is 723 g/mol. The van der Waals surface area contributed by atoms with Crippen LogP contribution >= 0.6 is 11.3 Å². The highest BCUT2D eigenvalue weighted by molar-refractivity contribution is 7.80. The second-order valence-corrected chi connectivity index (χ2v) is 14.7. The first-order chi connectivity index (χ1) is 22.9. The van der Waals surface area contributed by atoms with Gasteiger partial charge in [-0.25, -0.2) is 9.78 Å². The number of oxime groups is 1. The molecular weight excluding hydrogens is 684 g/mol. The van der Waals surface area contributed by atoms with E-state index in [1.807, 2.05) is 6.07 Å². The lowest BCUT2D eigenvalue weighted by Crippen LogP contribution is -2.76. The molecule has 9 N–H and O–H groups in total. The summed E-state index contributed by atoms with van der Waals surface area (Å²) in [6, 6.07) is 3.95. The number of carbonyl (C=O) groups is 3. The molecule has 2 aliphatic heterocycles. The van der Waals surface area contributed by atoms with Gasteiger partial charge in [0.25, 0.3) is 17.4 Å². The molecule has 2 fully saturated rings. The number of aliphatic carboxylic acids is 1. The van der Waals surface area contributed by atoms with Crippen LogP contribution in [0.5, 0.6) is 5.75 Å². The number of nitrogens with two attached hydrogens (primary N) is 3. The van der Waals surface area contributed by atoms with Gasteiger partial charge in [0.15, 0.2) is 16.9 Å². The monoisotopic (exact) mass is 722 g/mol. The minimum atomic E-state index is -5.03. The maximum atomic E-state index is 13.5. The molecule has 2 aromatic rings. The fraction of sp³-hybridized carbons (Fsp3) is 0.517. The highest BCUT2D eigenvalue weighted by atomic mass is 32.3. The number of anilines is 1. The van der Waals surface area contributed by atoms with E-state index in [9.17, 15) is 27.9 Å². The average Bonchev–Trinajstić information content (AvgIpc) is 3.45. The highest BCUT2D eigenvalue weighted by Crippen LogP contribution is 2.39. The number of aliphatic imine (C=N–C) groups is 1. The molecule has 1 aliphatic carbocycles. The number of rotatable bonds is 13. The summed E-state index contributed by atoms with van der Waals surface area (Å²) in [6.45, 7) is 4.50. The van der Waals surface area contributed by atoms with Gasteiger partial charge in [0.1, 0.15) is 23.3 Å². The predicted octanol–water partition coefficient (Wildman–Crippen LogP) is 0.500. The van der Waals surface area contributed by atoms with Crippen molar-refractivity contribution in [1.82, 2.24) is 15.4 Å². The molecule has 266 valence electrons. The van der Waals surface area contributed by atoms with Gasteiger partial charge in [-0.15, -0.1) is 15.6 Å². The minimum absolute atomic E-state index is 0.0591. The van der Waals surface area contributed by atoms with Crippen LogP contribution in [0.3, 0.4) is 0 Å². The van der Waals surface area contributed by atoms with Crippen LogP contribution in [-0.2, 0) is 40.3 Å². The molecule has 0 radical (unpaired) electrons. The molecular formula is C29H38N8O10S2. The van der Waals surface area contributed by atoms with Crippen molar-refractivity contribution in [2.75, 3.05) is 12.3 Å². The molecule has 3 atom stereocenters. The van der Waals surface area contributed by atoms with Crippen LogP contribution in [0.2, 0.25) is 0 Å². The Morgan fingerprint density at radius 1 is 1.31 bits per heavy atom. The van der Waals surface area contributed by atoms with E-state index in [-0.39, 0.29) is 22.8 Å². The lowest BCUT2D eigenvalue weighted by molar-refractivity contribution is -0.218. The number of aromatic nitrogens is 1. The van der Waals surface area contributed by atoms with Gasteiger partial charge in [-0.2, -0.15) is 13.5 Å². The van der Waals surface area contributed by atoms with Crippen LogP contribution in [0.1, 0.15) is 69.7 Å². The van der Waals surface area contributed by atoms with Crippen molar-refractivity contribution in [3.63, 3.8) is 0 Å². The van der Waals surface area contributed by atoms with E-state index in [1.165, 1.54) is 26.2 Å². The predicted molar refractivity (Wildman–Crippen MR) is 176 cm³/mol. The van der Waals surface area contributed by atoms with Gasteiger partial charge in [0, 0.05) is 10.9 Å². The van der Waals surface area contributed by atoms with Crippen molar-refractivity contribution >= 4 is 56.2 Å². The van der Waals surface area contributed by atoms with Crippen LogP contribution in [0.15, 0.2) is 33.7 Å². The van der Waals surface area contributed by atoms with Crippen molar-refractivity contribution in [3.05, 3.63) is 40.4 Å². The Bertz CT molecular complexity index is 1820. The summed E-state index contributed by atoms with van der Waals surface area (Å²) in [4.78, 5) is 53.2. The fourth-order valence-electron chi connectivity index (χ4n) is 5.92. The van der Waals surface area contributed by atoms with E-state index in [2.05, 4.69) is 19.7 Å². The first-order valence-electron chi connectivity index (χ1n) is 15.3. The maximum Gasteiger partial charge on any atom is 0.418 e. The molecule has 1 saturated carbocycles. The molecule has 1 aromatic heterocycles.